The second-order valence-corrected chi connectivity index (χ2v) is 9.29. The van der Waals surface area contributed by atoms with Crippen LogP contribution in [-0.4, -0.2) is 52.8 Å². The summed E-state index contributed by atoms with van der Waals surface area (Å²) in [5.41, 5.74) is 3.24. The molecule has 3 heterocycles. The maximum atomic E-state index is 13.1. The van der Waals surface area contributed by atoms with Gasteiger partial charge in [-0.15, -0.1) is 10.2 Å². The van der Waals surface area contributed by atoms with Crippen molar-refractivity contribution in [1.82, 2.24) is 14.8 Å². The normalized spacial score (nSPS) is 17.7. The first-order chi connectivity index (χ1) is 16.2. The summed E-state index contributed by atoms with van der Waals surface area (Å²) in [6.07, 6.45) is 4.24. The Hall–Kier alpha value is -2.84. The fourth-order valence-electron chi connectivity index (χ4n) is 4.50. The first-order valence-corrected chi connectivity index (χ1v) is 12.4. The number of aromatic nitrogens is 3. The molecule has 0 bridgehead atoms. The van der Waals surface area contributed by atoms with Crippen LogP contribution < -0.4 is 9.64 Å². The molecule has 0 N–H and O–H groups in total. The SMILES string of the molecule is COc1ccc(-c2nnc(SCC(=O)N3CCCc4ccccc43)n2CC2CCCO2)cc1. The maximum absolute atomic E-state index is 13.1. The van der Waals surface area contributed by atoms with E-state index in [-0.39, 0.29) is 12.0 Å². The quantitative estimate of drug-likeness (QED) is 0.488. The Morgan fingerprint density at radius 1 is 1.15 bits per heavy atom. The van der Waals surface area contributed by atoms with Gasteiger partial charge in [0.2, 0.25) is 5.91 Å². The number of carbonyl (C=O) groups excluding carboxylic acids is 1. The Morgan fingerprint density at radius 3 is 2.79 bits per heavy atom. The van der Waals surface area contributed by atoms with Crippen molar-refractivity contribution in [2.45, 2.75) is 43.5 Å². The molecule has 8 heteroatoms. The first kappa shape index (κ1) is 22.0. The summed E-state index contributed by atoms with van der Waals surface area (Å²) in [4.78, 5) is 15.1. The Bertz CT molecular complexity index is 1110. The fourth-order valence-corrected chi connectivity index (χ4v) is 5.33. The molecule has 1 aromatic heterocycles. The van der Waals surface area contributed by atoms with Crippen molar-refractivity contribution < 1.29 is 14.3 Å². The van der Waals surface area contributed by atoms with E-state index >= 15 is 0 Å². The van der Waals surface area contributed by atoms with E-state index in [2.05, 4.69) is 20.8 Å². The molecule has 1 fully saturated rings. The highest BCUT2D eigenvalue weighted by Gasteiger charge is 2.25. The van der Waals surface area contributed by atoms with Gasteiger partial charge in [0.1, 0.15) is 5.75 Å². The van der Waals surface area contributed by atoms with E-state index in [0.717, 1.165) is 66.8 Å². The molecule has 0 aliphatic carbocycles. The Labute approximate surface area is 198 Å². The van der Waals surface area contributed by atoms with Crippen LogP contribution in [0.3, 0.4) is 0 Å². The molecule has 7 nitrogen and oxygen atoms in total. The van der Waals surface area contributed by atoms with Crippen molar-refractivity contribution in [3.63, 3.8) is 0 Å². The lowest BCUT2D eigenvalue weighted by Crippen LogP contribution is -2.36. The first-order valence-electron chi connectivity index (χ1n) is 11.4. The standard InChI is InChI=1S/C25H28N4O3S/c1-31-20-12-10-19(11-13-20)24-26-27-25(29(24)16-21-8-5-15-32-21)33-17-23(30)28-14-4-7-18-6-2-3-9-22(18)28/h2-3,6,9-13,21H,4-5,7-8,14-17H2,1H3. The summed E-state index contributed by atoms with van der Waals surface area (Å²) in [7, 11) is 1.65. The molecule has 1 unspecified atom stereocenters. The predicted octanol–water partition coefficient (Wildman–Crippen LogP) is 4.20. The molecule has 0 saturated carbocycles. The van der Waals surface area contributed by atoms with Crippen molar-refractivity contribution in [2.75, 3.05) is 30.9 Å². The van der Waals surface area contributed by atoms with Gasteiger partial charge in [0.15, 0.2) is 11.0 Å². The van der Waals surface area contributed by atoms with E-state index in [1.165, 1.54) is 17.3 Å². The third kappa shape index (κ3) is 4.77. The molecule has 0 spiro atoms. The molecule has 2 aliphatic heterocycles. The van der Waals surface area contributed by atoms with Crippen molar-refractivity contribution >= 4 is 23.4 Å². The highest BCUT2D eigenvalue weighted by molar-refractivity contribution is 7.99. The van der Waals surface area contributed by atoms with Gasteiger partial charge in [-0.25, -0.2) is 0 Å². The van der Waals surface area contributed by atoms with Crippen molar-refractivity contribution in [3.8, 4) is 17.1 Å². The van der Waals surface area contributed by atoms with Crippen LogP contribution in [0.25, 0.3) is 11.4 Å². The number of benzene rings is 2. The highest BCUT2D eigenvalue weighted by atomic mass is 32.2. The largest absolute Gasteiger partial charge is 0.497 e. The zero-order valence-electron chi connectivity index (χ0n) is 18.8. The number of anilines is 1. The number of amides is 1. The molecule has 1 atom stereocenters. The Kier molecular flexibility index (Phi) is 6.64. The highest BCUT2D eigenvalue weighted by Crippen LogP contribution is 2.30. The van der Waals surface area contributed by atoms with Crippen LogP contribution in [-0.2, 0) is 22.5 Å². The number of carbonyl (C=O) groups is 1. The lowest BCUT2D eigenvalue weighted by Gasteiger charge is -2.29. The number of fused-ring (bicyclic) bond motifs is 1. The number of rotatable bonds is 7. The van der Waals surface area contributed by atoms with E-state index in [9.17, 15) is 4.79 Å². The summed E-state index contributed by atoms with van der Waals surface area (Å²) in [5.74, 6) is 2.00. The molecule has 3 aromatic rings. The third-order valence-corrected chi connectivity index (χ3v) is 7.16. The van der Waals surface area contributed by atoms with E-state index in [1.807, 2.05) is 47.4 Å². The van der Waals surface area contributed by atoms with Gasteiger partial charge in [-0.1, -0.05) is 30.0 Å². The van der Waals surface area contributed by atoms with Crippen LogP contribution in [0, 0.1) is 0 Å². The van der Waals surface area contributed by atoms with Gasteiger partial charge in [0, 0.05) is 24.4 Å². The average Bonchev–Trinajstić information content (AvgIpc) is 3.52. The van der Waals surface area contributed by atoms with Gasteiger partial charge in [0.25, 0.3) is 0 Å². The van der Waals surface area contributed by atoms with E-state index in [1.54, 1.807) is 7.11 Å². The summed E-state index contributed by atoms with van der Waals surface area (Å²) < 4.78 is 13.3. The summed E-state index contributed by atoms with van der Waals surface area (Å²) in [6.45, 7) is 2.23. The van der Waals surface area contributed by atoms with Crippen LogP contribution in [0.4, 0.5) is 5.69 Å². The van der Waals surface area contributed by atoms with Gasteiger partial charge < -0.3 is 14.4 Å². The third-order valence-electron chi connectivity index (χ3n) is 6.21. The second kappa shape index (κ2) is 9.97. The molecule has 172 valence electrons. The molecule has 5 rings (SSSR count). The van der Waals surface area contributed by atoms with Crippen LogP contribution in [0.2, 0.25) is 0 Å². The molecule has 2 aromatic carbocycles. The molecule has 0 radical (unpaired) electrons. The zero-order valence-corrected chi connectivity index (χ0v) is 19.6. The van der Waals surface area contributed by atoms with Crippen LogP contribution in [0.5, 0.6) is 5.75 Å². The lowest BCUT2D eigenvalue weighted by molar-refractivity contribution is -0.116. The maximum Gasteiger partial charge on any atom is 0.237 e. The predicted molar refractivity (Wildman–Crippen MR) is 129 cm³/mol. The molecule has 2 aliphatic rings. The van der Waals surface area contributed by atoms with Crippen LogP contribution >= 0.6 is 11.8 Å². The summed E-state index contributed by atoms with van der Waals surface area (Å²) in [6, 6.07) is 16.0. The topological polar surface area (TPSA) is 69.5 Å². The minimum absolute atomic E-state index is 0.102. The van der Waals surface area contributed by atoms with Gasteiger partial charge >= 0.3 is 0 Å². The van der Waals surface area contributed by atoms with Gasteiger partial charge in [-0.3, -0.25) is 9.36 Å². The summed E-state index contributed by atoms with van der Waals surface area (Å²) in [5, 5.41) is 9.68. The number of ether oxygens (including phenoxy) is 2. The van der Waals surface area contributed by atoms with Crippen LogP contribution in [0.15, 0.2) is 53.7 Å². The van der Waals surface area contributed by atoms with Crippen molar-refractivity contribution in [2.24, 2.45) is 0 Å². The minimum Gasteiger partial charge on any atom is -0.497 e. The number of para-hydroxylation sites is 1. The number of aryl methyl sites for hydroxylation is 1. The number of thioether (sulfide) groups is 1. The van der Waals surface area contributed by atoms with Crippen molar-refractivity contribution in [3.05, 3.63) is 54.1 Å². The Balaban J connectivity index is 1.36. The molecule has 1 amide bonds. The lowest BCUT2D eigenvalue weighted by atomic mass is 10.0. The minimum atomic E-state index is 0.102. The number of nitrogens with zero attached hydrogens (tertiary/aromatic N) is 4. The number of hydrogen-bond acceptors (Lipinski definition) is 6. The molecular formula is C25H28N4O3S. The fraction of sp³-hybridized carbons (Fsp3) is 0.400. The van der Waals surface area contributed by atoms with Gasteiger partial charge in [-0.05, 0) is 61.6 Å². The Morgan fingerprint density at radius 2 is 2.00 bits per heavy atom. The second-order valence-electron chi connectivity index (χ2n) is 8.35. The molecule has 1 saturated heterocycles. The smallest absolute Gasteiger partial charge is 0.237 e. The van der Waals surface area contributed by atoms with E-state index < -0.39 is 0 Å². The zero-order chi connectivity index (χ0) is 22.6. The molecular weight excluding hydrogens is 436 g/mol. The van der Waals surface area contributed by atoms with Crippen LogP contribution in [0.1, 0.15) is 24.8 Å². The van der Waals surface area contributed by atoms with Gasteiger partial charge in [0.05, 0.1) is 25.5 Å². The summed E-state index contributed by atoms with van der Waals surface area (Å²) >= 11 is 1.45. The van der Waals surface area contributed by atoms with E-state index in [4.69, 9.17) is 9.47 Å². The van der Waals surface area contributed by atoms with Crippen molar-refractivity contribution in [1.29, 1.82) is 0 Å². The van der Waals surface area contributed by atoms with Gasteiger partial charge in [-0.2, -0.15) is 0 Å². The average molecular weight is 465 g/mol. The number of methoxy groups -OCH3 is 1. The van der Waals surface area contributed by atoms with E-state index in [0.29, 0.717) is 12.3 Å². The molecule has 33 heavy (non-hydrogen) atoms. The number of hydrogen-bond donors (Lipinski definition) is 0. The monoisotopic (exact) mass is 464 g/mol.